The van der Waals surface area contributed by atoms with Crippen LogP contribution in [0.25, 0.3) is 0 Å². The van der Waals surface area contributed by atoms with Crippen LogP contribution in [0.15, 0.2) is 66.3 Å². The van der Waals surface area contributed by atoms with Crippen molar-refractivity contribution < 1.29 is 14.4 Å². The molecular formula is C29H33Cl2N3O3. The number of rotatable bonds is 9. The van der Waals surface area contributed by atoms with E-state index in [1.54, 1.807) is 23.1 Å². The summed E-state index contributed by atoms with van der Waals surface area (Å²) in [6, 6.07) is 13.8. The van der Waals surface area contributed by atoms with Crippen LogP contribution in [0.2, 0.25) is 10.0 Å². The van der Waals surface area contributed by atoms with E-state index in [0.717, 1.165) is 24.0 Å². The molecule has 1 aliphatic carbocycles. The van der Waals surface area contributed by atoms with Crippen molar-refractivity contribution in [2.45, 2.75) is 64.0 Å². The number of benzene rings is 2. The molecule has 0 bridgehead atoms. The first-order valence-corrected chi connectivity index (χ1v) is 13.4. The number of carbonyl (C=O) groups excluding carboxylic acids is 2. The number of piperidine rings is 1. The minimum absolute atomic E-state index is 0.131. The standard InChI is InChI=1S/C29H33Cl2N3O3/c1-4-15-29(3)17-23(20-7-6-8-22(31)16-20)25(18-11-13-21(30)14-12-18)34(28(29)36)24(5-2)27(35)37-33-26(32)19-9-10-19/h4,6-8,11-14,16,19,23-25H,1,5,9-10,15,17H2,2-3H3,(H2,32,33). The molecule has 1 saturated heterocycles. The lowest BCUT2D eigenvalue weighted by atomic mass is 9.67. The number of nitrogens with two attached hydrogens (primary N) is 1. The number of halogens is 2. The molecule has 2 N–H and O–H groups in total. The Balaban J connectivity index is 1.83. The summed E-state index contributed by atoms with van der Waals surface area (Å²) in [7, 11) is 0. The fraction of sp³-hybridized carbons (Fsp3) is 0.414. The summed E-state index contributed by atoms with van der Waals surface area (Å²) in [5.41, 5.74) is 7.04. The van der Waals surface area contributed by atoms with Gasteiger partial charge in [-0.05, 0) is 67.5 Å². The Hall–Kier alpha value is -2.83. The molecule has 2 aromatic rings. The van der Waals surface area contributed by atoms with Crippen LogP contribution < -0.4 is 5.73 Å². The van der Waals surface area contributed by atoms with Gasteiger partial charge in [0.2, 0.25) is 5.91 Å². The fourth-order valence-corrected chi connectivity index (χ4v) is 5.64. The Morgan fingerprint density at radius 2 is 1.92 bits per heavy atom. The van der Waals surface area contributed by atoms with Crippen LogP contribution in [0.3, 0.4) is 0 Å². The first-order valence-electron chi connectivity index (χ1n) is 12.7. The molecule has 0 spiro atoms. The molecule has 0 radical (unpaired) electrons. The van der Waals surface area contributed by atoms with E-state index in [-0.39, 0.29) is 17.7 Å². The van der Waals surface area contributed by atoms with Gasteiger partial charge in [-0.15, -0.1) is 6.58 Å². The number of amidine groups is 1. The number of oxime groups is 1. The lowest BCUT2D eigenvalue weighted by Crippen LogP contribution is -2.57. The van der Waals surface area contributed by atoms with E-state index >= 15 is 0 Å². The minimum Gasteiger partial charge on any atom is -0.384 e. The second-order valence-electron chi connectivity index (χ2n) is 10.3. The van der Waals surface area contributed by atoms with Gasteiger partial charge in [-0.2, -0.15) is 0 Å². The van der Waals surface area contributed by atoms with Gasteiger partial charge in [-0.1, -0.05) is 72.5 Å². The highest BCUT2D eigenvalue weighted by Crippen LogP contribution is 2.52. The molecule has 6 nitrogen and oxygen atoms in total. The Morgan fingerprint density at radius 3 is 2.51 bits per heavy atom. The lowest BCUT2D eigenvalue weighted by Gasteiger charge is -2.51. The second kappa shape index (κ2) is 11.3. The number of amides is 1. The molecule has 1 heterocycles. The van der Waals surface area contributed by atoms with Crippen molar-refractivity contribution in [3.63, 3.8) is 0 Å². The number of likely N-dealkylation sites (tertiary alicyclic amines) is 1. The van der Waals surface area contributed by atoms with Gasteiger partial charge in [0, 0.05) is 21.9 Å². The lowest BCUT2D eigenvalue weighted by molar-refractivity contribution is -0.167. The van der Waals surface area contributed by atoms with E-state index in [1.165, 1.54) is 0 Å². The Bertz CT molecular complexity index is 1200. The summed E-state index contributed by atoms with van der Waals surface area (Å²) in [5, 5.41) is 5.10. The van der Waals surface area contributed by atoms with Crippen molar-refractivity contribution in [3.05, 3.63) is 82.4 Å². The molecule has 196 valence electrons. The van der Waals surface area contributed by atoms with Gasteiger partial charge in [-0.25, -0.2) is 4.79 Å². The van der Waals surface area contributed by atoms with Gasteiger partial charge in [0.1, 0.15) is 11.9 Å². The molecule has 0 aromatic heterocycles. The maximum Gasteiger partial charge on any atom is 0.357 e. The van der Waals surface area contributed by atoms with E-state index in [2.05, 4.69) is 11.7 Å². The van der Waals surface area contributed by atoms with Gasteiger partial charge in [0.25, 0.3) is 0 Å². The Morgan fingerprint density at radius 1 is 1.22 bits per heavy atom. The molecule has 1 aliphatic heterocycles. The van der Waals surface area contributed by atoms with Crippen molar-refractivity contribution in [1.29, 1.82) is 0 Å². The third-order valence-corrected chi connectivity index (χ3v) is 7.90. The van der Waals surface area contributed by atoms with Crippen LogP contribution >= 0.6 is 23.2 Å². The summed E-state index contributed by atoms with van der Waals surface area (Å²) in [5.74, 6) is -0.408. The number of hydrogen-bond donors (Lipinski definition) is 1. The minimum atomic E-state index is -0.866. The Labute approximate surface area is 228 Å². The monoisotopic (exact) mass is 541 g/mol. The van der Waals surface area contributed by atoms with Gasteiger partial charge in [0.15, 0.2) is 0 Å². The normalized spacial score (nSPS) is 25.0. The summed E-state index contributed by atoms with van der Waals surface area (Å²) >= 11 is 12.6. The molecule has 4 atom stereocenters. The van der Waals surface area contributed by atoms with E-state index in [1.807, 2.05) is 50.2 Å². The van der Waals surface area contributed by atoms with Gasteiger partial charge >= 0.3 is 5.97 Å². The first kappa shape index (κ1) is 27.2. The average molecular weight is 543 g/mol. The third kappa shape index (κ3) is 5.86. The van der Waals surface area contributed by atoms with Crippen LogP contribution in [0.1, 0.15) is 69.0 Å². The maximum atomic E-state index is 14.3. The number of carbonyl (C=O) groups is 2. The SMILES string of the molecule is C=CCC1(C)CC(c2cccc(Cl)c2)C(c2ccc(Cl)cc2)N(C(CC)C(=O)ON=C(N)C2CC2)C1=O. The Kier molecular flexibility index (Phi) is 8.29. The van der Waals surface area contributed by atoms with Crippen LogP contribution in [0, 0.1) is 11.3 Å². The van der Waals surface area contributed by atoms with E-state index in [4.69, 9.17) is 33.8 Å². The van der Waals surface area contributed by atoms with Crippen molar-refractivity contribution in [2.24, 2.45) is 22.2 Å². The zero-order valence-corrected chi connectivity index (χ0v) is 22.7. The molecule has 4 rings (SSSR count). The fourth-order valence-electron chi connectivity index (χ4n) is 5.32. The van der Waals surface area contributed by atoms with Crippen LogP contribution in [0.4, 0.5) is 0 Å². The van der Waals surface area contributed by atoms with Crippen molar-refractivity contribution >= 4 is 40.9 Å². The third-order valence-electron chi connectivity index (χ3n) is 7.42. The highest BCUT2D eigenvalue weighted by molar-refractivity contribution is 6.30. The molecule has 8 heteroatoms. The van der Waals surface area contributed by atoms with Crippen molar-refractivity contribution in [1.82, 2.24) is 4.90 Å². The number of allylic oxidation sites excluding steroid dienone is 1. The molecule has 4 unspecified atom stereocenters. The maximum absolute atomic E-state index is 14.3. The van der Waals surface area contributed by atoms with Gasteiger partial charge < -0.3 is 15.5 Å². The largest absolute Gasteiger partial charge is 0.384 e. The van der Waals surface area contributed by atoms with Gasteiger partial charge in [0.05, 0.1) is 11.5 Å². The van der Waals surface area contributed by atoms with E-state index in [9.17, 15) is 9.59 Å². The molecule has 2 aromatic carbocycles. The second-order valence-corrected chi connectivity index (χ2v) is 11.1. The highest BCUT2D eigenvalue weighted by Gasteiger charge is 2.52. The molecule has 2 aliphatic rings. The summed E-state index contributed by atoms with van der Waals surface area (Å²) in [6.07, 6.45) is 5.00. The summed E-state index contributed by atoms with van der Waals surface area (Å²) < 4.78 is 0. The zero-order chi connectivity index (χ0) is 26.7. The molecule has 1 amide bonds. The quantitative estimate of drug-likeness (QED) is 0.127. The highest BCUT2D eigenvalue weighted by atomic mass is 35.5. The number of hydrogen-bond acceptors (Lipinski definition) is 4. The van der Waals surface area contributed by atoms with E-state index in [0.29, 0.717) is 35.1 Å². The summed E-state index contributed by atoms with van der Waals surface area (Å²) in [4.78, 5) is 34.7. The molecule has 2 fully saturated rings. The van der Waals surface area contributed by atoms with Crippen LogP contribution in [-0.2, 0) is 14.4 Å². The first-order chi connectivity index (χ1) is 17.7. The molecular weight excluding hydrogens is 509 g/mol. The summed E-state index contributed by atoms with van der Waals surface area (Å²) in [6.45, 7) is 7.69. The van der Waals surface area contributed by atoms with E-state index < -0.39 is 23.5 Å². The smallest absolute Gasteiger partial charge is 0.357 e. The van der Waals surface area contributed by atoms with Crippen molar-refractivity contribution in [3.8, 4) is 0 Å². The van der Waals surface area contributed by atoms with Crippen LogP contribution in [-0.4, -0.2) is 28.7 Å². The topological polar surface area (TPSA) is 85.0 Å². The predicted molar refractivity (Wildman–Crippen MR) is 147 cm³/mol. The van der Waals surface area contributed by atoms with Crippen LogP contribution in [0.5, 0.6) is 0 Å². The molecule has 37 heavy (non-hydrogen) atoms. The van der Waals surface area contributed by atoms with Gasteiger partial charge in [-0.3, -0.25) is 4.79 Å². The average Bonchev–Trinajstić information content (AvgIpc) is 3.72. The number of nitrogens with zero attached hydrogens (tertiary/aromatic N) is 2. The predicted octanol–water partition coefficient (Wildman–Crippen LogP) is 6.64. The molecule has 1 saturated carbocycles. The zero-order valence-electron chi connectivity index (χ0n) is 21.2. The van der Waals surface area contributed by atoms with Crippen molar-refractivity contribution in [2.75, 3.05) is 0 Å².